The van der Waals surface area contributed by atoms with E-state index in [1.807, 2.05) is 42.5 Å². The summed E-state index contributed by atoms with van der Waals surface area (Å²) in [4.78, 5) is 62.0. The molecular weight excluding hydrogens is 1010 g/mol. The molecule has 9 rings (SSSR count). The Kier molecular flexibility index (Phi) is 21.4. The number of fused-ring (bicyclic) bond motifs is 1. The predicted octanol–water partition coefficient (Wildman–Crippen LogP) is 6.18. The molecule has 0 aliphatic carbocycles. The molecule has 5 aliphatic rings. The average molecular weight is 1080 g/mol. The zero-order chi connectivity index (χ0) is 49.9. The van der Waals surface area contributed by atoms with Crippen LogP contribution in [0.2, 0.25) is 0 Å². The predicted molar refractivity (Wildman–Crippen MR) is 284 cm³/mol. The number of piperazine rings is 3. The summed E-state index contributed by atoms with van der Waals surface area (Å²) in [6.45, 7) is 26.3. The van der Waals surface area contributed by atoms with Crippen LogP contribution in [0, 0.1) is 11.8 Å². The number of aldehydes is 1. The summed E-state index contributed by atoms with van der Waals surface area (Å²) in [5.41, 5.74) is 3.88. The molecule has 0 unspecified atom stereocenters. The van der Waals surface area contributed by atoms with Gasteiger partial charge in [0.05, 0.1) is 13.7 Å². The number of urea groups is 1. The summed E-state index contributed by atoms with van der Waals surface area (Å²) in [5, 5.41) is 8.24. The van der Waals surface area contributed by atoms with E-state index in [0.29, 0.717) is 23.4 Å². The van der Waals surface area contributed by atoms with E-state index in [9.17, 15) is 19.2 Å². The summed E-state index contributed by atoms with van der Waals surface area (Å²) in [6.07, 6.45) is 0.826. The van der Waals surface area contributed by atoms with Gasteiger partial charge in [-0.25, -0.2) is 4.79 Å². The molecule has 16 heteroatoms. The van der Waals surface area contributed by atoms with Crippen molar-refractivity contribution >= 4 is 56.0 Å². The highest BCUT2D eigenvalue weighted by molar-refractivity contribution is 9.10. The molecule has 5 aliphatic heterocycles. The molecule has 0 bridgehead atoms. The third-order valence-corrected chi connectivity index (χ3v) is 14.2. The van der Waals surface area contributed by atoms with Crippen molar-refractivity contribution in [2.45, 2.75) is 45.9 Å². The lowest BCUT2D eigenvalue weighted by Crippen LogP contribution is -2.54. The van der Waals surface area contributed by atoms with Crippen LogP contribution < -0.4 is 20.7 Å². The molecule has 4 aromatic rings. The first kappa shape index (κ1) is 54.4. The number of hydrogen-bond acceptors (Lipinski definition) is 11. The minimum atomic E-state index is -1.53. The Morgan fingerprint density at radius 3 is 1.63 bits per heavy atom. The number of nitrogens with zero attached hydrogens (tertiary/aromatic N) is 6. The van der Waals surface area contributed by atoms with Crippen LogP contribution in [0.3, 0.4) is 0 Å². The number of carbonyl (C=O) groups is 4. The van der Waals surface area contributed by atoms with Gasteiger partial charge in [-0.3, -0.25) is 29.5 Å². The second-order valence-electron chi connectivity index (χ2n) is 17.8. The highest BCUT2D eigenvalue weighted by Gasteiger charge is 2.48. The lowest BCUT2D eigenvalue weighted by Gasteiger charge is -2.34. The van der Waals surface area contributed by atoms with E-state index < -0.39 is 17.5 Å². The van der Waals surface area contributed by atoms with Gasteiger partial charge in [0.15, 0.2) is 0 Å². The van der Waals surface area contributed by atoms with Gasteiger partial charge in [0, 0.05) is 124 Å². The van der Waals surface area contributed by atoms with Crippen molar-refractivity contribution < 1.29 is 23.9 Å². The number of carbonyl (C=O) groups excluding carboxylic acids is 4. The number of halogens is 2. The molecule has 0 radical (unpaired) electrons. The van der Waals surface area contributed by atoms with E-state index in [2.05, 4.69) is 129 Å². The average Bonchev–Trinajstić information content (AvgIpc) is 3.86. The van der Waals surface area contributed by atoms with Crippen molar-refractivity contribution in [1.82, 2.24) is 45.3 Å². The maximum atomic E-state index is 13.1. The lowest BCUT2D eigenvalue weighted by molar-refractivity contribution is -0.122. The minimum Gasteiger partial charge on any atom is -0.497 e. The Labute approximate surface area is 431 Å². The molecule has 4 saturated heterocycles. The number of nitrogens with one attached hydrogen (secondary N) is 3. The Bertz CT molecular complexity index is 2370. The van der Waals surface area contributed by atoms with Crippen molar-refractivity contribution in [2.75, 3.05) is 112 Å². The quantitative estimate of drug-likeness (QED) is 0.0905. The Balaban J connectivity index is 0.000000196. The molecule has 1 atom stereocenters. The lowest BCUT2D eigenvalue weighted by atomic mass is 9.99. The van der Waals surface area contributed by atoms with E-state index in [-0.39, 0.29) is 12.5 Å². The zero-order valence-electron chi connectivity index (χ0n) is 41.2. The van der Waals surface area contributed by atoms with E-state index in [0.717, 1.165) is 72.2 Å². The number of ether oxygens (including phenoxy) is 1. The van der Waals surface area contributed by atoms with Crippen LogP contribution in [0.5, 0.6) is 5.75 Å². The molecule has 0 saturated carbocycles. The van der Waals surface area contributed by atoms with Crippen molar-refractivity contribution in [3.8, 4) is 17.6 Å². The van der Waals surface area contributed by atoms with Gasteiger partial charge in [0.25, 0.3) is 11.8 Å². The van der Waals surface area contributed by atoms with Gasteiger partial charge in [-0.05, 0) is 84.9 Å². The van der Waals surface area contributed by atoms with E-state index in [1.165, 1.54) is 81.5 Å². The fourth-order valence-electron chi connectivity index (χ4n) is 8.69. The molecule has 5 heterocycles. The normalized spacial score (nSPS) is 19.7. The van der Waals surface area contributed by atoms with Gasteiger partial charge in [0.2, 0.25) is 5.54 Å². The van der Waals surface area contributed by atoms with Gasteiger partial charge in [-0.2, -0.15) is 0 Å². The van der Waals surface area contributed by atoms with E-state index in [1.54, 1.807) is 31.4 Å². The number of likely N-dealkylation sites (N-methyl/N-ethyl adjacent to an activating group) is 3. The fourth-order valence-corrected chi connectivity index (χ4v) is 9.21. The monoisotopic (exact) mass is 1080 g/mol. The van der Waals surface area contributed by atoms with Crippen LogP contribution in [0.25, 0.3) is 0 Å². The summed E-state index contributed by atoms with van der Waals surface area (Å²) >= 11 is 6.73. The first-order chi connectivity index (χ1) is 33.9. The number of imide groups is 1. The maximum Gasteiger partial charge on any atom is 0.323 e. The summed E-state index contributed by atoms with van der Waals surface area (Å²) in [6, 6.07) is 28.5. The van der Waals surface area contributed by atoms with Gasteiger partial charge in [-0.1, -0.05) is 107 Å². The second kappa shape index (κ2) is 27.6. The van der Waals surface area contributed by atoms with Gasteiger partial charge >= 0.3 is 6.03 Å². The minimum absolute atomic E-state index is 0.0603. The van der Waals surface area contributed by atoms with Crippen LogP contribution in [0.15, 0.2) is 99.9 Å². The number of rotatable bonds is 11. The highest BCUT2D eigenvalue weighted by Crippen LogP contribution is 2.29. The van der Waals surface area contributed by atoms with Gasteiger partial charge < -0.3 is 35.0 Å². The highest BCUT2D eigenvalue weighted by atomic mass is 79.9. The topological polar surface area (TPSA) is 133 Å². The molecular formula is C54H69Br2N9O5. The standard InChI is InChI=1S/C28H31N5O4.C13H19BrN2.C7H5BrO.C6H14N2/c1-3-31-12-14-32(15-13-31)17-21-6-4-20(5-7-21)10-11-28(26(35)29-27(36)30-28)19-33-18-22-8-9-23(37-2)16-24(22)25(33)34;1-2-15-7-9-16(10-8-15)11-12-3-5-13(14)6-4-12;8-7-3-1-6(5-9)2-4-7;1-2-8-5-3-7-4-6-8/h4-9,16H,3,12-15,17-19H2,1-2H3,(H2,29,30,35,36);3-6H,2,7-11H2,1H3;1-5H;7H,2-6H2,1H3/t28-;;;/m1.../s1. The molecule has 0 spiro atoms. The van der Waals surface area contributed by atoms with Crippen molar-refractivity contribution in [3.63, 3.8) is 0 Å². The SMILES string of the molecule is CCN1CCN(Cc2ccc(Br)cc2)CC1.CCN1CCN(Cc2ccc(C#C[C@]3(CN4Cc5ccc(OC)cc5C4=O)NC(=O)NC3=O)cc2)CC1.CCN1CCNCC1.O=Cc1ccc(Br)cc1. The first-order valence-electron chi connectivity index (χ1n) is 24.4. The second-order valence-corrected chi connectivity index (χ2v) is 19.7. The number of hydrogen-bond donors (Lipinski definition) is 3. The third kappa shape index (κ3) is 16.3. The largest absolute Gasteiger partial charge is 0.497 e. The van der Waals surface area contributed by atoms with Crippen LogP contribution in [-0.2, 0) is 24.4 Å². The Morgan fingerprint density at radius 1 is 0.657 bits per heavy atom. The zero-order valence-corrected chi connectivity index (χ0v) is 44.3. The molecule has 70 heavy (non-hydrogen) atoms. The summed E-state index contributed by atoms with van der Waals surface area (Å²) in [7, 11) is 1.54. The van der Waals surface area contributed by atoms with Gasteiger partial charge in [0.1, 0.15) is 12.0 Å². The Morgan fingerprint density at radius 2 is 1.16 bits per heavy atom. The molecule has 14 nitrogen and oxygen atoms in total. The molecule has 4 amide bonds. The van der Waals surface area contributed by atoms with E-state index >= 15 is 0 Å². The Hall–Kier alpha value is -4.96. The van der Waals surface area contributed by atoms with E-state index in [4.69, 9.17) is 4.74 Å². The van der Waals surface area contributed by atoms with Crippen molar-refractivity contribution in [3.05, 3.63) is 133 Å². The number of benzene rings is 4. The first-order valence-corrected chi connectivity index (χ1v) is 26.0. The smallest absolute Gasteiger partial charge is 0.323 e. The summed E-state index contributed by atoms with van der Waals surface area (Å²) in [5.74, 6) is 5.81. The van der Waals surface area contributed by atoms with Gasteiger partial charge in [-0.15, -0.1) is 0 Å². The maximum absolute atomic E-state index is 13.1. The molecule has 4 fully saturated rings. The van der Waals surface area contributed by atoms with Crippen LogP contribution in [-0.4, -0.2) is 171 Å². The molecule has 3 N–H and O–H groups in total. The summed E-state index contributed by atoms with van der Waals surface area (Å²) < 4.78 is 7.39. The third-order valence-electron chi connectivity index (χ3n) is 13.2. The molecule has 4 aromatic carbocycles. The molecule has 0 aromatic heterocycles. The van der Waals surface area contributed by atoms with Crippen LogP contribution in [0.4, 0.5) is 4.79 Å². The van der Waals surface area contributed by atoms with Crippen LogP contribution in [0.1, 0.15) is 63.7 Å². The van der Waals surface area contributed by atoms with Crippen molar-refractivity contribution in [1.29, 1.82) is 0 Å². The number of methoxy groups -OCH3 is 1. The fraction of sp³-hybridized carbons (Fsp3) is 0.444. The molecule has 374 valence electrons. The van der Waals surface area contributed by atoms with Crippen LogP contribution >= 0.6 is 31.9 Å². The number of amides is 4. The van der Waals surface area contributed by atoms with Crippen molar-refractivity contribution in [2.24, 2.45) is 0 Å².